The summed E-state index contributed by atoms with van der Waals surface area (Å²) in [6.07, 6.45) is 0. The molecule has 0 aliphatic carbocycles. The summed E-state index contributed by atoms with van der Waals surface area (Å²) in [5, 5.41) is 1.35. The van der Waals surface area contributed by atoms with Crippen LogP contribution in [0.3, 0.4) is 0 Å². The zero-order chi connectivity index (χ0) is 9.38. The zero-order valence-corrected chi connectivity index (χ0v) is 9.60. The fourth-order valence-electron chi connectivity index (χ4n) is 1.96. The van der Waals surface area contributed by atoms with Crippen molar-refractivity contribution in [2.75, 3.05) is 13.1 Å². The first kappa shape index (κ1) is 8.51. The molecule has 1 aromatic rings. The van der Waals surface area contributed by atoms with Gasteiger partial charge in [0, 0.05) is 0 Å². The molecule has 1 fully saturated rings. The maximum atomic E-state index is 4.79. The molecule has 2 heterocycles. The molecule has 0 bridgehead atoms. The van der Waals surface area contributed by atoms with Crippen molar-refractivity contribution in [3.63, 3.8) is 0 Å². The Balaban J connectivity index is 1.87. The minimum absolute atomic E-state index is 0.411. The number of fused-ring (bicyclic) bond motifs is 1. The molecule has 0 N–H and O–H groups in total. The summed E-state index contributed by atoms with van der Waals surface area (Å²) in [5.74, 6) is 0. The van der Waals surface area contributed by atoms with E-state index in [2.05, 4.69) is 35.2 Å². The summed E-state index contributed by atoms with van der Waals surface area (Å²) < 4.78 is 1.39. The summed E-state index contributed by atoms with van der Waals surface area (Å²) >= 11 is 0.656. The number of hydrogen-bond acceptors (Lipinski definition) is 2. The second kappa shape index (κ2) is 3.41. The predicted octanol–water partition coefficient (Wildman–Crippen LogP) is 1.54. The van der Waals surface area contributed by atoms with E-state index in [4.69, 9.17) is 4.99 Å². The van der Waals surface area contributed by atoms with Crippen LogP contribution in [0.25, 0.3) is 0 Å². The Bertz CT molecular complexity index is 361. The number of nitrogens with zero attached hydrogens (tertiary/aromatic N) is 2. The van der Waals surface area contributed by atoms with Crippen LogP contribution in [-0.4, -0.2) is 37.7 Å². The van der Waals surface area contributed by atoms with Gasteiger partial charge in [-0.15, -0.1) is 0 Å². The predicted molar refractivity (Wildman–Crippen MR) is 58.8 cm³/mol. The third-order valence-electron chi connectivity index (χ3n) is 2.71. The van der Waals surface area contributed by atoms with Crippen molar-refractivity contribution in [2.24, 2.45) is 4.99 Å². The number of hydrogen-bond donors (Lipinski definition) is 0. The van der Waals surface area contributed by atoms with Gasteiger partial charge in [-0.25, -0.2) is 0 Å². The van der Waals surface area contributed by atoms with Gasteiger partial charge in [0.05, 0.1) is 0 Å². The van der Waals surface area contributed by atoms with Crippen LogP contribution >= 0.6 is 0 Å². The summed E-state index contributed by atoms with van der Waals surface area (Å²) in [6.45, 7) is 2.35. The molecule has 1 atom stereocenters. The Morgan fingerprint density at radius 1 is 1.29 bits per heavy atom. The van der Waals surface area contributed by atoms with Gasteiger partial charge in [0.2, 0.25) is 0 Å². The van der Waals surface area contributed by atoms with E-state index < -0.39 is 0 Å². The van der Waals surface area contributed by atoms with Gasteiger partial charge in [-0.3, -0.25) is 0 Å². The van der Waals surface area contributed by atoms with Crippen LogP contribution in [0.5, 0.6) is 0 Å². The van der Waals surface area contributed by atoms with Crippen LogP contribution in [0.1, 0.15) is 11.6 Å². The van der Waals surface area contributed by atoms with Crippen LogP contribution in [0.4, 0.5) is 0 Å². The average Bonchev–Trinajstić information content (AvgIpc) is 2.78. The van der Waals surface area contributed by atoms with Crippen LogP contribution in [0, 0.1) is 0 Å². The molecule has 2 aliphatic heterocycles. The van der Waals surface area contributed by atoms with E-state index in [1.165, 1.54) is 22.2 Å². The Hall–Kier alpha value is -0.791. The summed E-state index contributed by atoms with van der Waals surface area (Å²) in [7, 11) is 0. The number of aliphatic imine (C=N–C) groups is 1. The molecule has 2 aliphatic rings. The van der Waals surface area contributed by atoms with Gasteiger partial charge >= 0.3 is 89.9 Å². The van der Waals surface area contributed by atoms with E-state index in [-0.39, 0.29) is 0 Å². The van der Waals surface area contributed by atoms with Crippen molar-refractivity contribution >= 4 is 19.7 Å². The molecule has 72 valence electrons. The second-order valence-corrected chi connectivity index (χ2v) is 5.86. The van der Waals surface area contributed by atoms with E-state index in [0.717, 1.165) is 6.54 Å². The van der Waals surface area contributed by atoms with Crippen LogP contribution < -0.4 is 0 Å². The van der Waals surface area contributed by atoms with Crippen molar-refractivity contribution in [3.8, 4) is 0 Å². The first-order valence-corrected chi connectivity index (χ1v) is 7.01. The third kappa shape index (κ3) is 1.37. The van der Waals surface area contributed by atoms with Gasteiger partial charge in [-0.2, -0.15) is 0 Å². The molecule has 0 radical (unpaired) electrons. The molecule has 3 rings (SSSR count). The molecule has 0 amide bonds. The minimum atomic E-state index is 0.411. The van der Waals surface area contributed by atoms with E-state index >= 15 is 0 Å². The summed E-state index contributed by atoms with van der Waals surface area (Å²) in [5.41, 5.74) is 1.37. The van der Waals surface area contributed by atoms with Crippen LogP contribution in [-0.2, 0) is 0 Å². The topological polar surface area (TPSA) is 15.6 Å². The van der Waals surface area contributed by atoms with Crippen molar-refractivity contribution in [2.45, 2.75) is 11.4 Å². The fourth-order valence-corrected chi connectivity index (χ4v) is 4.15. The first-order valence-electron chi connectivity index (χ1n) is 4.94. The molecule has 2 nitrogen and oxygen atoms in total. The Labute approximate surface area is 90.2 Å². The summed E-state index contributed by atoms with van der Waals surface area (Å²) in [6, 6.07) is 11.0. The monoisotopic (exact) mass is 252 g/mol. The molecule has 0 saturated carbocycles. The molecular formula is C11H12N2Se. The van der Waals surface area contributed by atoms with Gasteiger partial charge in [-0.1, -0.05) is 0 Å². The van der Waals surface area contributed by atoms with E-state index in [9.17, 15) is 0 Å². The first-order chi connectivity index (χ1) is 6.93. The molecule has 3 heteroatoms. The number of amidine groups is 1. The zero-order valence-electron chi connectivity index (χ0n) is 7.89. The molecule has 0 spiro atoms. The van der Waals surface area contributed by atoms with E-state index in [0.29, 0.717) is 21.0 Å². The fraction of sp³-hybridized carbons (Fsp3) is 0.364. The van der Waals surface area contributed by atoms with Gasteiger partial charge < -0.3 is 0 Å². The summed E-state index contributed by atoms with van der Waals surface area (Å²) in [4.78, 5) is 7.25. The van der Waals surface area contributed by atoms with Gasteiger partial charge in [0.15, 0.2) is 0 Å². The third-order valence-corrected chi connectivity index (χ3v) is 4.82. The van der Waals surface area contributed by atoms with Crippen molar-refractivity contribution < 1.29 is 0 Å². The van der Waals surface area contributed by atoms with Gasteiger partial charge in [0.1, 0.15) is 0 Å². The standard InChI is InChI=1S/C11H12N2Se/c1-2-4-9(5-3-1)10-8-13-6-7-14-11(13)12-10/h1-5,10H,6-8H2/t10-/m1/s1. The van der Waals surface area contributed by atoms with E-state index in [1.807, 2.05) is 0 Å². The van der Waals surface area contributed by atoms with Crippen LogP contribution in [0.2, 0.25) is 5.32 Å². The molecule has 1 aromatic carbocycles. The van der Waals surface area contributed by atoms with Gasteiger partial charge in [-0.05, 0) is 0 Å². The SMILES string of the molecule is c1ccc([C@H]2CN3CC[Se]C3=N2)cc1. The molecule has 14 heavy (non-hydrogen) atoms. The molecule has 1 saturated heterocycles. The quantitative estimate of drug-likeness (QED) is 0.691. The Morgan fingerprint density at radius 2 is 2.14 bits per heavy atom. The molecular weight excluding hydrogens is 239 g/mol. The van der Waals surface area contributed by atoms with Crippen LogP contribution in [0.15, 0.2) is 35.3 Å². The van der Waals surface area contributed by atoms with Crippen molar-refractivity contribution in [3.05, 3.63) is 35.9 Å². The van der Waals surface area contributed by atoms with E-state index in [1.54, 1.807) is 0 Å². The maximum absolute atomic E-state index is 4.79. The molecule has 0 unspecified atom stereocenters. The number of benzene rings is 1. The van der Waals surface area contributed by atoms with Gasteiger partial charge in [0.25, 0.3) is 0 Å². The normalized spacial score (nSPS) is 25.0. The van der Waals surface area contributed by atoms with Crippen molar-refractivity contribution in [1.82, 2.24) is 4.90 Å². The molecule has 0 aromatic heterocycles. The number of rotatable bonds is 1. The second-order valence-electron chi connectivity index (χ2n) is 3.63. The Kier molecular flexibility index (Phi) is 2.07. The van der Waals surface area contributed by atoms with Crippen molar-refractivity contribution in [1.29, 1.82) is 0 Å². The average molecular weight is 251 g/mol. The Morgan fingerprint density at radius 3 is 2.93 bits per heavy atom.